The van der Waals surface area contributed by atoms with Crippen LogP contribution in [0, 0.1) is 0 Å². The van der Waals surface area contributed by atoms with Crippen molar-refractivity contribution in [1.29, 1.82) is 0 Å². The molecule has 0 amide bonds. The Morgan fingerprint density at radius 2 is 0.675 bits per heavy atom. The molecule has 114 heavy (non-hydrogen) atoms. The van der Waals surface area contributed by atoms with Gasteiger partial charge in [-0.05, 0) is 166 Å². The van der Waals surface area contributed by atoms with Crippen LogP contribution in [0.1, 0.15) is 22.9 Å². The van der Waals surface area contributed by atoms with Crippen molar-refractivity contribution in [3.63, 3.8) is 0 Å². The average molecular weight is 1460 g/mol. The third-order valence-corrected chi connectivity index (χ3v) is 22.9. The van der Waals surface area contributed by atoms with E-state index in [9.17, 15) is 0 Å². The van der Waals surface area contributed by atoms with E-state index in [1.54, 1.807) is 0 Å². The molecule has 22 aromatic rings. The molecule has 11 nitrogen and oxygen atoms in total. The number of fused-ring (bicyclic) bond motifs is 14. The summed E-state index contributed by atoms with van der Waals surface area (Å²) < 4.78 is 9.63. The summed E-state index contributed by atoms with van der Waals surface area (Å²) in [6.07, 6.45) is 1.43. The van der Waals surface area contributed by atoms with E-state index < -0.39 is 6.17 Å². The number of nitrogens with zero attached hydrogens (tertiary/aromatic N) is 10. The monoisotopic (exact) mass is 1460 g/mol. The summed E-state index contributed by atoms with van der Waals surface area (Å²) in [4.78, 5) is 31.3. The van der Waals surface area contributed by atoms with Crippen molar-refractivity contribution in [3.8, 4) is 79.3 Å². The molecule has 11 heteroatoms. The van der Waals surface area contributed by atoms with Gasteiger partial charge in [-0.25, -0.2) is 24.9 Å². The number of nitrogens with one attached hydrogen (secondary N) is 1. The molecule has 0 saturated carbocycles. The number of hydrogen-bond acceptors (Lipinski definition) is 7. The Morgan fingerprint density at radius 3 is 1.27 bits per heavy atom. The predicted octanol–water partition coefficient (Wildman–Crippen LogP) is 24.8. The summed E-state index contributed by atoms with van der Waals surface area (Å²) >= 11 is 0. The van der Waals surface area contributed by atoms with Gasteiger partial charge in [0, 0.05) is 105 Å². The van der Waals surface area contributed by atoms with Crippen molar-refractivity contribution < 1.29 is 0 Å². The van der Waals surface area contributed by atoms with Gasteiger partial charge < -0.3 is 23.6 Å². The van der Waals surface area contributed by atoms with E-state index in [0.29, 0.717) is 23.3 Å². The van der Waals surface area contributed by atoms with Crippen molar-refractivity contribution in [2.75, 3.05) is 0 Å². The molecule has 0 saturated heterocycles. The van der Waals surface area contributed by atoms with Gasteiger partial charge in [0.2, 0.25) is 0 Å². The largest absolute Gasteiger partial charge is 0.344 e. The summed E-state index contributed by atoms with van der Waals surface area (Å²) in [6, 6.07) is 134. The molecule has 0 radical (unpaired) electrons. The molecule has 1 N–H and O–H groups in total. The molecule has 0 fully saturated rings. The van der Waals surface area contributed by atoms with Crippen molar-refractivity contribution in [2.24, 2.45) is 9.98 Å². The molecule has 1 aliphatic heterocycles. The van der Waals surface area contributed by atoms with Crippen molar-refractivity contribution in [3.05, 3.63) is 399 Å². The summed E-state index contributed by atoms with van der Waals surface area (Å²) in [5, 5.41) is 17.9. The molecule has 1 unspecified atom stereocenters. The van der Waals surface area contributed by atoms with Gasteiger partial charge >= 0.3 is 0 Å². The molecule has 23 rings (SSSR count). The zero-order valence-corrected chi connectivity index (χ0v) is 61.4. The Balaban J connectivity index is 0.572. The summed E-state index contributed by atoms with van der Waals surface area (Å²) in [5.74, 6) is 3.19. The first-order valence-electron chi connectivity index (χ1n) is 38.6. The molecular weight excluding hydrogens is 1390 g/mol. The molecule has 1 atom stereocenters. The lowest BCUT2D eigenvalue weighted by Crippen LogP contribution is -2.33. The van der Waals surface area contributed by atoms with Crippen LogP contribution in [0.25, 0.3) is 188 Å². The summed E-state index contributed by atoms with van der Waals surface area (Å²) in [5.41, 5.74) is 22.9. The number of rotatable bonds is 12. The third kappa shape index (κ3) is 10.7. The molecule has 532 valence electrons. The van der Waals surface area contributed by atoms with E-state index in [1.807, 2.05) is 36.5 Å². The van der Waals surface area contributed by atoms with Crippen LogP contribution in [0.4, 0.5) is 0 Å². The number of amidine groups is 2. The van der Waals surface area contributed by atoms with Crippen LogP contribution in [-0.2, 0) is 0 Å². The number of pyridine rings is 1. The normalized spacial score (nSPS) is 13.2. The summed E-state index contributed by atoms with van der Waals surface area (Å²) in [7, 11) is 0. The van der Waals surface area contributed by atoms with E-state index in [2.05, 4.69) is 369 Å². The van der Waals surface area contributed by atoms with Gasteiger partial charge in [0.05, 0.1) is 49.8 Å². The maximum Gasteiger partial charge on any atom is 0.164 e. The molecule has 0 spiro atoms. The van der Waals surface area contributed by atoms with Crippen LogP contribution in [0.2, 0.25) is 0 Å². The molecule has 16 aromatic carbocycles. The van der Waals surface area contributed by atoms with Crippen molar-refractivity contribution >= 4 is 120 Å². The fourth-order valence-electron chi connectivity index (χ4n) is 17.5. The second-order valence-electron chi connectivity index (χ2n) is 29.4. The SMILES string of the molecule is c1ccc(-c2nc(-c3ccc(-n4c5ccccc5c5cc6c7ccccc7n(-c7cccc(-c8ccc(-c9ccc(C%10=NC(c%11cccc(-n%12c%13ccccc%13c%13cc%14c%15ccccc%15n(-c%15ccccc%15)c%14cc%13%12)c%11)NC(c%11cccc%12ccccc%11%12)=N%10)cn9)cc8)c7)c6cc54)cc3)nc(-c3ccc4ccccc4c3)n2)cc1. The molecule has 0 bridgehead atoms. The second kappa shape index (κ2) is 26.1. The molecule has 1 aliphatic rings. The molecule has 6 aromatic heterocycles. The highest BCUT2D eigenvalue weighted by atomic mass is 15.2. The smallest absolute Gasteiger partial charge is 0.164 e. The zero-order chi connectivity index (χ0) is 74.9. The Kier molecular flexibility index (Phi) is 14.8. The average Bonchev–Trinajstić information content (AvgIpc) is 1.56. The lowest BCUT2D eigenvalue weighted by atomic mass is 10.0. The van der Waals surface area contributed by atoms with Gasteiger partial charge in [-0.2, -0.15) is 0 Å². The fourth-order valence-corrected chi connectivity index (χ4v) is 17.5. The second-order valence-corrected chi connectivity index (χ2v) is 29.4. The Hall–Kier alpha value is -15.5. The third-order valence-electron chi connectivity index (χ3n) is 22.9. The van der Waals surface area contributed by atoms with Crippen molar-refractivity contribution in [1.82, 2.24) is 43.5 Å². The lowest BCUT2D eigenvalue weighted by molar-refractivity contribution is 0.674. The van der Waals surface area contributed by atoms with Crippen LogP contribution in [-0.4, -0.2) is 49.9 Å². The highest BCUT2D eigenvalue weighted by Crippen LogP contribution is 2.44. The van der Waals surface area contributed by atoms with E-state index in [0.717, 1.165) is 139 Å². The van der Waals surface area contributed by atoms with Crippen LogP contribution < -0.4 is 5.32 Å². The minimum atomic E-state index is -0.491. The summed E-state index contributed by atoms with van der Waals surface area (Å²) in [6.45, 7) is 0. The minimum absolute atomic E-state index is 0.491. The van der Waals surface area contributed by atoms with Crippen LogP contribution >= 0.6 is 0 Å². The zero-order valence-electron chi connectivity index (χ0n) is 61.4. The van der Waals surface area contributed by atoms with Gasteiger partial charge in [-0.15, -0.1) is 0 Å². The Bertz CT molecular complexity index is 7730. The van der Waals surface area contributed by atoms with Gasteiger partial charge in [0.25, 0.3) is 0 Å². The van der Waals surface area contributed by atoms with E-state index >= 15 is 0 Å². The highest BCUT2D eigenvalue weighted by molar-refractivity contribution is 6.22. The molecular formula is C103H65N11. The number of aromatic nitrogens is 8. The Morgan fingerprint density at radius 1 is 0.246 bits per heavy atom. The highest BCUT2D eigenvalue weighted by Gasteiger charge is 2.27. The maximum atomic E-state index is 5.47. The molecule has 0 aliphatic carbocycles. The van der Waals surface area contributed by atoms with Crippen LogP contribution in [0.5, 0.6) is 0 Å². The topological polar surface area (TPSA) is 108 Å². The van der Waals surface area contributed by atoms with E-state index in [1.165, 1.54) is 54.0 Å². The Labute approximate surface area is 654 Å². The van der Waals surface area contributed by atoms with Gasteiger partial charge in [-0.1, -0.05) is 249 Å². The first-order chi connectivity index (χ1) is 56.5. The minimum Gasteiger partial charge on any atom is -0.344 e. The van der Waals surface area contributed by atoms with Gasteiger partial charge in [0.1, 0.15) is 12.0 Å². The number of hydrogen-bond donors (Lipinski definition) is 1. The first-order valence-corrected chi connectivity index (χ1v) is 38.6. The van der Waals surface area contributed by atoms with Gasteiger partial charge in [-0.3, -0.25) is 4.98 Å². The number of aliphatic imine (C=N–C) groups is 2. The fraction of sp³-hybridized carbons (Fsp3) is 0.00971. The van der Waals surface area contributed by atoms with E-state index in [-0.39, 0.29) is 0 Å². The lowest BCUT2D eigenvalue weighted by Gasteiger charge is -2.25. The standard InChI is InChI=1S/C103H65N11/c1-3-24-68(25-4-1)98-105-99(107-101(106-98)73-49-46-64-22-7-8-26-70(64)56-73)69-50-53-76(54-51-69)112-91-41-16-12-36-81(91)86-60-87-82-37-13-17-42-92(82)113(96(87)62-95(86)112)77-32-19-28-71(57-77)65-44-47-67(48-45-65)89-55-52-74(63-104-89)102-108-100(109-103(110-102)84-39-21-27-66-23-9-10-34-79(66)84)72-29-20-33-78(58-72)114-93-43-18-14-38-83(93)88-59-85-80-35-11-15-40-90(80)111(94(85)61-97(88)114)75-30-5-2-6-31-75/h1-63,100H,(H,108,109,110). The first kappa shape index (κ1) is 64.5. The molecule has 7 heterocycles. The van der Waals surface area contributed by atoms with Crippen molar-refractivity contribution in [2.45, 2.75) is 6.17 Å². The number of para-hydroxylation sites is 5. The van der Waals surface area contributed by atoms with Gasteiger partial charge in [0.15, 0.2) is 23.3 Å². The van der Waals surface area contributed by atoms with Crippen LogP contribution in [0.15, 0.2) is 392 Å². The van der Waals surface area contributed by atoms with E-state index in [4.69, 9.17) is 29.9 Å². The predicted molar refractivity (Wildman–Crippen MR) is 469 cm³/mol. The maximum absolute atomic E-state index is 5.47. The van der Waals surface area contributed by atoms with Crippen LogP contribution in [0.3, 0.4) is 0 Å². The quantitative estimate of drug-likeness (QED) is 0.131. The number of benzene rings is 16.